The average Bonchev–Trinajstić information content (AvgIpc) is 2.65. The van der Waals surface area contributed by atoms with E-state index in [1.54, 1.807) is 0 Å². The van der Waals surface area contributed by atoms with Crippen LogP contribution in [0.25, 0.3) is 10.8 Å². The molecule has 0 fully saturated rings. The summed E-state index contributed by atoms with van der Waals surface area (Å²) in [4.78, 5) is 0. The van der Waals surface area contributed by atoms with E-state index in [0.717, 1.165) is 5.69 Å². The van der Waals surface area contributed by atoms with Crippen molar-refractivity contribution in [3.8, 4) is 0 Å². The maximum atomic E-state index is 5.36. The van der Waals surface area contributed by atoms with Crippen LogP contribution >= 0.6 is 0 Å². The molecule has 1 heteroatoms. The molecule has 23 heavy (non-hydrogen) atoms. The number of para-hydroxylation sites is 1. The molecule has 0 saturated heterocycles. The molecule has 4 aromatic rings. The predicted molar refractivity (Wildman–Crippen MR) is 101 cm³/mol. The summed E-state index contributed by atoms with van der Waals surface area (Å²) in [7, 11) is 0. The molecule has 0 bridgehead atoms. The first-order chi connectivity index (χ1) is 11.4. The quantitative estimate of drug-likeness (QED) is 0.408. The van der Waals surface area contributed by atoms with Crippen molar-refractivity contribution in [3.63, 3.8) is 0 Å². The SMILES string of the molecule is Nc1ccccc1.c1ccc2ccccc2c1.c1ccccc1. The van der Waals surface area contributed by atoms with Crippen molar-refractivity contribution < 1.29 is 0 Å². The van der Waals surface area contributed by atoms with Gasteiger partial charge in [-0.1, -0.05) is 103 Å². The summed E-state index contributed by atoms with van der Waals surface area (Å²) in [5.74, 6) is 0. The molecule has 2 N–H and O–H groups in total. The van der Waals surface area contributed by atoms with Gasteiger partial charge in [-0.25, -0.2) is 0 Å². The van der Waals surface area contributed by atoms with Crippen LogP contribution < -0.4 is 5.73 Å². The summed E-state index contributed by atoms with van der Waals surface area (Å²) < 4.78 is 0. The minimum atomic E-state index is 0.822. The molecule has 0 spiro atoms. The molecule has 0 radical (unpaired) electrons. The first-order valence-electron chi connectivity index (χ1n) is 7.60. The van der Waals surface area contributed by atoms with Gasteiger partial charge in [0.05, 0.1) is 0 Å². The first-order valence-corrected chi connectivity index (χ1v) is 7.60. The topological polar surface area (TPSA) is 26.0 Å². The molecule has 0 aliphatic rings. The summed E-state index contributed by atoms with van der Waals surface area (Å²) in [6, 6.07) is 38.2. The molecular formula is C22H21N. The maximum absolute atomic E-state index is 5.36. The molecule has 0 aromatic heterocycles. The van der Waals surface area contributed by atoms with E-state index in [-0.39, 0.29) is 0 Å². The monoisotopic (exact) mass is 299 g/mol. The van der Waals surface area contributed by atoms with Crippen LogP contribution in [0.5, 0.6) is 0 Å². The minimum absolute atomic E-state index is 0.822. The fourth-order valence-electron chi connectivity index (χ4n) is 1.97. The first kappa shape index (κ1) is 16.3. The van der Waals surface area contributed by atoms with E-state index in [2.05, 4.69) is 48.5 Å². The largest absolute Gasteiger partial charge is 0.399 e. The molecule has 0 saturated carbocycles. The van der Waals surface area contributed by atoms with Crippen molar-refractivity contribution in [2.24, 2.45) is 0 Å². The highest BCUT2D eigenvalue weighted by molar-refractivity contribution is 5.81. The predicted octanol–water partition coefficient (Wildman–Crippen LogP) is 5.80. The third-order valence-corrected chi connectivity index (χ3v) is 3.12. The van der Waals surface area contributed by atoms with Gasteiger partial charge in [0, 0.05) is 5.69 Å². The van der Waals surface area contributed by atoms with Crippen molar-refractivity contribution in [2.45, 2.75) is 0 Å². The Morgan fingerprint density at radius 3 is 0.870 bits per heavy atom. The highest BCUT2D eigenvalue weighted by atomic mass is 14.5. The zero-order chi connectivity index (χ0) is 16.2. The summed E-state index contributed by atoms with van der Waals surface area (Å²) in [5.41, 5.74) is 6.18. The van der Waals surface area contributed by atoms with Crippen LogP contribution in [-0.2, 0) is 0 Å². The summed E-state index contributed by atoms with van der Waals surface area (Å²) in [5, 5.41) is 2.62. The van der Waals surface area contributed by atoms with Gasteiger partial charge in [-0.05, 0) is 22.9 Å². The number of anilines is 1. The fourth-order valence-corrected chi connectivity index (χ4v) is 1.97. The van der Waals surface area contributed by atoms with E-state index < -0.39 is 0 Å². The summed E-state index contributed by atoms with van der Waals surface area (Å²) in [6.07, 6.45) is 0. The highest BCUT2D eigenvalue weighted by Crippen LogP contribution is 2.11. The van der Waals surface area contributed by atoms with Crippen molar-refractivity contribution in [2.75, 3.05) is 5.73 Å². The lowest BCUT2D eigenvalue weighted by molar-refractivity contribution is 1.69. The van der Waals surface area contributed by atoms with Crippen LogP contribution in [-0.4, -0.2) is 0 Å². The van der Waals surface area contributed by atoms with Crippen LogP contribution in [0.3, 0.4) is 0 Å². The van der Waals surface area contributed by atoms with E-state index in [9.17, 15) is 0 Å². The minimum Gasteiger partial charge on any atom is -0.399 e. The van der Waals surface area contributed by atoms with Gasteiger partial charge in [-0.15, -0.1) is 0 Å². The Labute approximate surface area is 138 Å². The Hall–Kier alpha value is -3.06. The second kappa shape index (κ2) is 9.80. The molecule has 0 aliphatic heterocycles. The molecule has 0 unspecified atom stereocenters. The molecule has 0 amide bonds. The maximum Gasteiger partial charge on any atom is 0.0313 e. The molecule has 0 aliphatic carbocycles. The van der Waals surface area contributed by atoms with Crippen molar-refractivity contribution >= 4 is 16.5 Å². The zero-order valence-corrected chi connectivity index (χ0v) is 13.0. The van der Waals surface area contributed by atoms with Crippen molar-refractivity contribution in [1.82, 2.24) is 0 Å². The smallest absolute Gasteiger partial charge is 0.0313 e. The van der Waals surface area contributed by atoms with Crippen LogP contribution in [0.4, 0.5) is 5.69 Å². The van der Waals surface area contributed by atoms with Crippen LogP contribution in [0.15, 0.2) is 115 Å². The lowest BCUT2D eigenvalue weighted by atomic mass is 10.1. The molecule has 1 nitrogen and oxygen atoms in total. The van der Waals surface area contributed by atoms with Gasteiger partial charge < -0.3 is 5.73 Å². The van der Waals surface area contributed by atoms with Gasteiger partial charge in [0.25, 0.3) is 0 Å². The standard InChI is InChI=1S/C10H8.C6H7N.C6H6/c1-2-6-10-8-4-3-7-9(10)5-1;7-6-4-2-1-3-5-6;1-2-4-6-5-3-1/h1-8H;1-5H,7H2;1-6H. The lowest BCUT2D eigenvalue weighted by Crippen LogP contribution is -1.79. The summed E-state index contributed by atoms with van der Waals surface area (Å²) >= 11 is 0. The highest BCUT2D eigenvalue weighted by Gasteiger charge is 1.85. The number of nitrogen functional groups attached to an aromatic ring is 1. The van der Waals surface area contributed by atoms with Crippen molar-refractivity contribution in [1.29, 1.82) is 0 Å². The Morgan fingerprint density at radius 1 is 0.348 bits per heavy atom. The van der Waals surface area contributed by atoms with Gasteiger partial charge in [0.15, 0.2) is 0 Å². The second-order valence-electron chi connectivity index (χ2n) is 4.91. The number of hydrogen-bond acceptors (Lipinski definition) is 1. The number of benzene rings is 4. The fraction of sp³-hybridized carbons (Fsp3) is 0. The zero-order valence-electron chi connectivity index (χ0n) is 13.0. The Bertz CT molecular complexity index is 688. The molecule has 114 valence electrons. The Balaban J connectivity index is 0.000000131. The van der Waals surface area contributed by atoms with E-state index in [4.69, 9.17) is 5.73 Å². The van der Waals surface area contributed by atoms with Gasteiger partial charge in [0.2, 0.25) is 0 Å². The van der Waals surface area contributed by atoms with E-state index in [0.29, 0.717) is 0 Å². The van der Waals surface area contributed by atoms with Crippen LogP contribution in [0.2, 0.25) is 0 Å². The summed E-state index contributed by atoms with van der Waals surface area (Å²) in [6.45, 7) is 0. The van der Waals surface area contributed by atoms with E-state index in [1.165, 1.54) is 10.8 Å². The third kappa shape index (κ3) is 6.49. The van der Waals surface area contributed by atoms with Crippen LogP contribution in [0.1, 0.15) is 0 Å². The van der Waals surface area contributed by atoms with E-state index >= 15 is 0 Å². The number of nitrogens with two attached hydrogens (primary N) is 1. The number of rotatable bonds is 0. The molecule has 4 aromatic carbocycles. The Kier molecular flexibility index (Phi) is 6.95. The lowest BCUT2D eigenvalue weighted by Gasteiger charge is -1.92. The third-order valence-electron chi connectivity index (χ3n) is 3.12. The number of fused-ring (bicyclic) bond motifs is 1. The van der Waals surface area contributed by atoms with Gasteiger partial charge >= 0.3 is 0 Å². The van der Waals surface area contributed by atoms with Gasteiger partial charge in [-0.3, -0.25) is 0 Å². The van der Waals surface area contributed by atoms with E-state index in [1.807, 2.05) is 66.7 Å². The van der Waals surface area contributed by atoms with Crippen molar-refractivity contribution in [3.05, 3.63) is 115 Å². The molecular weight excluding hydrogens is 278 g/mol. The molecule has 0 atom stereocenters. The number of hydrogen-bond donors (Lipinski definition) is 1. The second-order valence-corrected chi connectivity index (χ2v) is 4.91. The normalized spacial score (nSPS) is 9.04. The Morgan fingerprint density at radius 2 is 0.609 bits per heavy atom. The molecule has 4 rings (SSSR count). The van der Waals surface area contributed by atoms with Gasteiger partial charge in [0.1, 0.15) is 0 Å². The van der Waals surface area contributed by atoms with Gasteiger partial charge in [-0.2, -0.15) is 0 Å². The van der Waals surface area contributed by atoms with Crippen LogP contribution in [0, 0.1) is 0 Å². The average molecular weight is 299 g/mol. The molecule has 0 heterocycles.